The second-order valence-corrected chi connectivity index (χ2v) is 8.39. The van der Waals surface area contributed by atoms with Gasteiger partial charge in [0.25, 0.3) is 0 Å². The van der Waals surface area contributed by atoms with Crippen LogP contribution < -0.4 is 4.72 Å². The van der Waals surface area contributed by atoms with Gasteiger partial charge in [-0.15, -0.1) is 0 Å². The first-order valence-corrected chi connectivity index (χ1v) is 10.2. The maximum absolute atomic E-state index is 13.1. The van der Waals surface area contributed by atoms with Crippen LogP contribution in [-0.4, -0.2) is 55.7 Å². The average molecular weight is 382 g/mol. The van der Waals surface area contributed by atoms with E-state index < -0.39 is 10.0 Å². The molecular weight excluding hydrogens is 359 g/mol. The fraction of sp³-hybridized carbons (Fsp3) is 0.471. The third kappa shape index (κ3) is 4.80. The number of methoxy groups -OCH3 is 1. The van der Waals surface area contributed by atoms with Gasteiger partial charge in [0.1, 0.15) is 5.82 Å². The average Bonchev–Trinajstić information content (AvgIpc) is 3.16. The van der Waals surface area contributed by atoms with Gasteiger partial charge in [-0.25, -0.2) is 12.8 Å². The van der Waals surface area contributed by atoms with E-state index >= 15 is 0 Å². The number of hydrogen-bond acceptors (Lipinski definition) is 5. The quantitative estimate of drug-likeness (QED) is 0.791. The molecule has 1 saturated heterocycles. The van der Waals surface area contributed by atoms with Crippen LogP contribution in [-0.2, 0) is 21.3 Å². The molecule has 0 saturated carbocycles. The van der Waals surface area contributed by atoms with Crippen LogP contribution in [0.2, 0.25) is 0 Å². The number of rotatable bonds is 7. The number of ether oxygens (including phenoxy) is 1. The zero-order chi connectivity index (χ0) is 18.7. The van der Waals surface area contributed by atoms with Crippen molar-refractivity contribution in [3.8, 4) is 0 Å². The molecule has 1 fully saturated rings. The highest BCUT2D eigenvalue weighted by molar-refractivity contribution is 7.92. The summed E-state index contributed by atoms with van der Waals surface area (Å²) in [7, 11) is -1.65. The van der Waals surface area contributed by atoms with E-state index in [4.69, 9.17) is 4.74 Å². The first-order valence-electron chi connectivity index (χ1n) is 8.33. The van der Waals surface area contributed by atoms with Crippen molar-refractivity contribution >= 4 is 15.7 Å². The minimum atomic E-state index is -3.33. The molecule has 2 aromatic rings. The summed E-state index contributed by atoms with van der Waals surface area (Å²) in [6, 6.07) is 6.83. The summed E-state index contributed by atoms with van der Waals surface area (Å²) in [4.78, 5) is 2.28. The van der Waals surface area contributed by atoms with Crippen molar-refractivity contribution < 1.29 is 17.5 Å². The van der Waals surface area contributed by atoms with Gasteiger partial charge >= 0.3 is 0 Å². The molecule has 0 amide bonds. The van der Waals surface area contributed by atoms with Crippen molar-refractivity contribution in [2.45, 2.75) is 25.0 Å². The monoisotopic (exact) mass is 382 g/mol. The van der Waals surface area contributed by atoms with Crippen LogP contribution in [0.4, 0.5) is 10.1 Å². The van der Waals surface area contributed by atoms with E-state index in [1.165, 1.54) is 18.3 Å². The second kappa shape index (κ2) is 7.73. The zero-order valence-corrected chi connectivity index (χ0v) is 15.6. The van der Waals surface area contributed by atoms with Gasteiger partial charge in [-0.05, 0) is 24.1 Å². The zero-order valence-electron chi connectivity index (χ0n) is 14.8. The Morgan fingerprint density at radius 2 is 2.08 bits per heavy atom. The first-order chi connectivity index (χ1) is 12.3. The number of hydrogen-bond donors (Lipinski definition) is 1. The Hall–Kier alpha value is -1.97. The second-order valence-electron chi connectivity index (χ2n) is 6.64. The lowest BCUT2D eigenvalue weighted by atomic mass is 10.1. The number of anilines is 1. The minimum Gasteiger partial charge on any atom is -0.383 e. The Bertz CT molecular complexity index is 838. The number of nitrogens with one attached hydrogen (secondary N) is 1. The highest BCUT2D eigenvalue weighted by atomic mass is 32.2. The largest absolute Gasteiger partial charge is 0.383 e. The summed E-state index contributed by atoms with van der Waals surface area (Å²) >= 11 is 0. The molecule has 142 valence electrons. The molecule has 0 spiro atoms. The number of aromatic nitrogens is 2. The van der Waals surface area contributed by atoms with Crippen LogP contribution in [0, 0.1) is 5.82 Å². The van der Waals surface area contributed by atoms with Gasteiger partial charge in [0.15, 0.2) is 0 Å². The SMILES string of the molecule is COC[C@@H]1C[C@H](n2cc(NS(C)(=O)=O)cn2)CN1Cc1ccc(F)cc1. The van der Waals surface area contributed by atoms with E-state index in [0.29, 0.717) is 18.8 Å². The lowest BCUT2D eigenvalue weighted by molar-refractivity contribution is 0.112. The van der Waals surface area contributed by atoms with Crippen molar-refractivity contribution in [2.24, 2.45) is 0 Å². The molecule has 1 N–H and O–H groups in total. The predicted molar refractivity (Wildman–Crippen MR) is 96.8 cm³/mol. The third-order valence-corrected chi connectivity index (χ3v) is 5.05. The Morgan fingerprint density at radius 1 is 1.35 bits per heavy atom. The Kier molecular flexibility index (Phi) is 5.59. The van der Waals surface area contributed by atoms with Crippen LogP contribution in [0.1, 0.15) is 18.0 Å². The molecule has 1 aliphatic rings. The third-order valence-electron chi connectivity index (χ3n) is 4.44. The van der Waals surface area contributed by atoms with Crippen molar-refractivity contribution in [3.05, 3.63) is 48.0 Å². The molecule has 0 bridgehead atoms. The number of halogens is 1. The summed E-state index contributed by atoms with van der Waals surface area (Å²) in [5.74, 6) is -0.246. The van der Waals surface area contributed by atoms with E-state index in [1.54, 1.807) is 30.1 Å². The summed E-state index contributed by atoms with van der Waals surface area (Å²) in [5.41, 5.74) is 1.49. The smallest absolute Gasteiger partial charge is 0.229 e. The van der Waals surface area contributed by atoms with Crippen molar-refractivity contribution in [1.82, 2.24) is 14.7 Å². The van der Waals surface area contributed by atoms with E-state index in [1.807, 2.05) is 0 Å². The topological polar surface area (TPSA) is 76.5 Å². The fourth-order valence-electron chi connectivity index (χ4n) is 3.34. The van der Waals surface area contributed by atoms with Crippen molar-refractivity contribution in [1.29, 1.82) is 0 Å². The molecule has 0 unspecified atom stereocenters. The van der Waals surface area contributed by atoms with E-state index in [2.05, 4.69) is 14.7 Å². The molecular formula is C17H23FN4O3S. The van der Waals surface area contributed by atoms with Crippen LogP contribution >= 0.6 is 0 Å². The van der Waals surface area contributed by atoms with Crippen LogP contribution in [0.25, 0.3) is 0 Å². The summed E-state index contributed by atoms with van der Waals surface area (Å²) in [5, 5.41) is 4.30. The van der Waals surface area contributed by atoms with Gasteiger partial charge < -0.3 is 4.74 Å². The first kappa shape index (κ1) is 18.8. The van der Waals surface area contributed by atoms with Gasteiger partial charge in [-0.1, -0.05) is 12.1 Å². The molecule has 1 aromatic carbocycles. The lowest BCUT2D eigenvalue weighted by Crippen LogP contribution is -2.32. The molecule has 0 aliphatic carbocycles. The van der Waals surface area contributed by atoms with Crippen LogP contribution in [0.3, 0.4) is 0 Å². The maximum atomic E-state index is 13.1. The molecule has 7 nitrogen and oxygen atoms in total. The van der Waals surface area contributed by atoms with Crippen molar-refractivity contribution in [3.63, 3.8) is 0 Å². The van der Waals surface area contributed by atoms with Gasteiger partial charge in [0.05, 0.1) is 30.8 Å². The molecule has 1 aliphatic heterocycles. The minimum absolute atomic E-state index is 0.116. The van der Waals surface area contributed by atoms with Crippen molar-refractivity contribution in [2.75, 3.05) is 31.2 Å². The number of benzene rings is 1. The van der Waals surface area contributed by atoms with Gasteiger partial charge in [0.2, 0.25) is 10.0 Å². The summed E-state index contributed by atoms with van der Waals surface area (Å²) < 4.78 is 45.4. The molecule has 0 radical (unpaired) electrons. The molecule has 26 heavy (non-hydrogen) atoms. The molecule has 1 aromatic heterocycles. The highest BCUT2D eigenvalue weighted by Gasteiger charge is 2.33. The number of nitrogens with zero attached hydrogens (tertiary/aromatic N) is 3. The number of sulfonamides is 1. The van der Waals surface area contributed by atoms with E-state index in [0.717, 1.165) is 24.8 Å². The maximum Gasteiger partial charge on any atom is 0.229 e. The summed E-state index contributed by atoms with van der Waals surface area (Å²) in [6.45, 7) is 2.04. The number of likely N-dealkylation sites (tertiary alicyclic amines) is 1. The fourth-order valence-corrected chi connectivity index (χ4v) is 3.87. The Balaban J connectivity index is 1.71. The van der Waals surface area contributed by atoms with Gasteiger partial charge in [-0.2, -0.15) is 5.10 Å². The van der Waals surface area contributed by atoms with Gasteiger partial charge in [0, 0.05) is 32.4 Å². The Morgan fingerprint density at radius 3 is 2.73 bits per heavy atom. The highest BCUT2D eigenvalue weighted by Crippen LogP contribution is 2.29. The standard InChI is InChI=1S/C17H23FN4O3S/c1-25-12-17-7-16(22-10-15(8-19-22)20-26(2,23)24)11-21(17)9-13-3-5-14(18)6-4-13/h3-6,8,10,16-17,20H,7,9,11-12H2,1-2H3/t16-,17-/m0/s1. The molecule has 2 heterocycles. The molecule has 3 rings (SSSR count). The lowest BCUT2D eigenvalue weighted by Gasteiger charge is -2.23. The van der Waals surface area contributed by atoms with Crippen LogP contribution in [0.5, 0.6) is 0 Å². The van der Waals surface area contributed by atoms with E-state index in [9.17, 15) is 12.8 Å². The summed E-state index contributed by atoms with van der Waals surface area (Å²) in [6.07, 6.45) is 5.17. The Labute approximate surface area is 152 Å². The normalized spacial score (nSPS) is 21.2. The van der Waals surface area contributed by atoms with Crippen LogP contribution in [0.15, 0.2) is 36.7 Å². The van der Waals surface area contributed by atoms with Gasteiger partial charge in [-0.3, -0.25) is 14.3 Å². The molecule has 9 heteroatoms. The predicted octanol–water partition coefficient (Wildman–Crippen LogP) is 1.86. The molecule has 2 atom stereocenters. The van der Waals surface area contributed by atoms with E-state index in [-0.39, 0.29) is 17.9 Å².